The van der Waals surface area contributed by atoms with Crippen LogP contribution in [-0.4, -0.2) is 27.6 Å². The van der Waals surface area contributed by atoms with Crippen LogP contribution in [0.4, 0.5) is 5.82 Å². The van der Waals surface area contributed by atoms with Gasteiger partial charge >= 0.3 is 0 Å². The lowest BCUT2D eigenvalue weighted by Gasteiger charge is -2.03. The van der Waals surface area contributed by atoms with Crippen LogP contribution in [0.3, 0.4) is 0 Å². The third-order valence-corrected chi connectivity index (χ3v) is 2.20. The second-order valence-corrected chi connectivity index (χ2v) is 3.69. The molecule has 2 aromatic rings. The van der Waals surface area contributed by atoms with E-state index < -0.39 is 0 Å². The van der Waals surface area contributed by atoms with Crippen LogP contribution in [0, 0.1) is 6.92 Å². The molecule has 0 saturated carbocycles. The average molecular weight is 247 g/mol. The van der Waals surface area contributed by atoms with Crippen molar-refractivity contribution in [2.45, 2.75) is 13.3 Å². The largest absolute Gasteiger partial charge is 0.384 e. The zero-order valence-electron chi connectivity index (χ0n) is 9.88. The van der Waals surface area contributed by atoms with Gasteiger partial charge in [0.2, 0.25) is 5.89 Å². The lowest BCUT2D eigenvalue weighted by atomic mass is 10.3. The summed E-state index contributed by atoms with van der Waals surface area (Å²) in [5, 5.41) is 6.36. The smallest absolute Gasteiger partial charge is 0.269 e. The zero-order chi connectivity index (χ0) is 13.0. The SMILES string of the molecule is Cc1noc(CCNC(=O)c2cccc(N)n2)n1. The first-order valence-electron chi connectivity index (χ1n) is 5.45. The van der Waals surface area contributed by atoms with Crippen molar-refractivity contribution in [1.29, 1.82) is 0 Å². The highest BCUT2D eigenvalue weighted by Gasteiger charge is 2.08. The van der Waals surface area contributed by atoms with Gasteiger partial charge in [-0.15, -0.1) is 0 Å². The maximum absolute atomic E-state index is 11.7. The number of rotatable bonds is 4. The van der Waals surface area contributed by atoms with Gasteiger partial charge in [0.25, 0.3) is 5.91 Å². The number of amides is 1. The number of hydrogen-bond acceptors (Lipinski definition) is 6. The molecule has 0 aliphatic heterocycles. The van der Waals surface area contributed by atoms with Crippen molar-refractivity contribution in [3.63, 3.8) is 0 Å². The second-order valence-electron chi connectivity index (χ2n) is 3.69. The van der Waals surface area contributed by atoms with Crippen LogP contribution < -0.4 is 11.1 Å². The van der Waals surface area contributed by atoms with Crippen molar-refractivity contribution < 1.29 is 9.32 Å². The van der Waals surface area contributed by atoms with Crippen molar-refractivity contribution in [3.8, 4) is 0 Å². The predicted octanol–water partition coefficient (Wildman–Crippen LogP) is 0.328. The maximum Gasteiger partial charge on any atom is 0.269 e. The van der Waals surface area contributed by atoms with E-state index in [1.54, 1.807) is 25.1 Å². The molecule has 2 aromatic heterocycles. The molecule has 0 fully saturated rings. The Morgan fingerprint density at radius 2 is 2.28 bits per heavy atom. The molecule has 0 aromatic carbocycles. The molecule has 0 saturated heterocycles. The number of carbonyl (C=O) groups excluding carboxylic acids is 1. The monoisotopic (exact) mass is 247 g/mol. The summed E-state index contributed by atoms with van der Waals surface area (Å²) in [6, 6.07) is 4.90. The Hall–Kier alpha value is -2.44. The summed E-state index contributed by atoms with van der Waals surface area (Å²) in [7, 11) is 0. The Morgan fingerprint density at radius 1 is 1.44 bits per heavy atom. The molecule has 0 radical (unpaired) electrons. The third-order valence-electron chi connectivity index (χ3n) is 2.20. The van der Waals surface area contributed by atoms with E-state index in [2.05, 4.69) is 20.4 Å². The van der Waals surface area contributed by atoms with E-state index >= 15 is 0 Å². The zero-order valence-corrected chi connectivity index (χ0v) is 9.88. The Balaban J connectivity index is 1.85. The van der Waals surface area contributed by atoms with Gasteiger partial charge in [0.1, 0.15) is 11.5 Å². The number of aryl methyl sites for hydroxylation is 1. The summed E-state index contributed by atoms with van der Waals surface area (Å²) in [6.45, 7) is 2.14. The summed E-state index contributed by atoms with van der Waals surface area (Å²) in [4.78, 5) is 19.6. The quantitative estimate of drug-likeness (QED) is 0.806. The van der Waals surface area contributed by atoms with Crippen LogP contribution >= 0.6 is 0 Å². The summed E-state index contributed by atoms with van der Waals surface area (Å²) >= 11 is 0. The van der Waals surface area contributed by atoms with E-state index in [1.807, 2.05) is 0 Å². The highest BCUT2D eigenvalue weighted by molar-refractivity contribution is 5.92. The highest BCUT2D eigenvalue weighted by atomic mass is 16.5. The van der Waals surface area contributed by atoms with Gasteiger partial charge in [0, 0.05) is 13.0 Å². The molecule has 7 heteroatoms. The number of anilines is 1. The van der Waals surface area contributed by atoms with Crippen molar-refractivity contribution in [2.75, 3.05) is 12.3 Å². The van der Waals surface area contributed by atoms with Crippen LogP contribution in [0.1, 0.15) is 22.2 Å². The number of nitrogens with zero attached hydrogens (tertiary/aromatic N) is 3. The molecule has 18 heavy (non-hydrogen) atoms. The van der Waals surface area contributed by atoms with E-state index in [9.17, 15) is 4.79 Å². The number of nitrogen functional groups attached to an aromatic ring is 1. The van der Waals surface area contributed by atoms with Crippen molar-refractivity contribution >= 4 is 11.7 Å². The normalized spacial score (nSPS) is 10.3. The Kier molecular flexibility index (Phi) is 3.52. The molecule has 0 aliphatic rings. The van der Waals surface area contributed by atoms with E-state index in [0.717, 1.165) is 0 Å². The van der Waals surface area contributed by atoms with Crippen molar-refractivity contribution in [3.05, 3.63) is 35.6 Å². The second kappa shape index (κ2) is 5.26. The molecular weight excluding hydrogens is 234 g/mol. The minimum absolute atomic E-state index is 0.279. The molecule has 2 heterocycles. The number of nitrogens with one attached hydrogen (secondary N) is 1. The third kappa shape index (κ3) is 3.03. The van der Waals surface area contributed by atoms with Gasteiger partial charge in [-0.05, 0) is 19.1 Å². The first-order chi connectivity index (χ1) is 8.65. The van der Waals surface area contributed by atoms with Crippen LogP contribution in [0.15, 0.2) is 22.7 Å². The summed E-state index contributed by atoms with van der Waals surface area (Å²) in [5.74, 6) is 1.11. The number of pyridine rings is 1. The van der Waals surface area contributed by atoms with Crippen molar-refractivity contribution in [1.82, 2.24) is 20.4 Å². The summed E-state index contributed by atoms with van der Waals surface area (Å²) < 4.78 is 4.92. The molecule has 0 spiro atoms. The minimum Gasteiger partial charge on any atom is -0.384 e. The first-order valence-corrected chi connectivity index (χ1v) is 5.45. The Bertz CT molecular complexity index is 552. The minimum atomic E-state index is -0.279. The number of nitrogens with two attached hydrogens (primary N) is 1. The van der Waals surface area contributed by atoms with Crippen LogP contribution in [0.5, 0.6) is 0 Å². The van der Waals surface area contributed by atoms with Gasteiger partial charge in [-0.2, -0.15) is 4.98 Å². The molecule has 94 valence electrons. The van der Waals surface area contributed by atoms with Crippen molar-refractivity contribution in [2.24, 2.45) is 0 Å². The lowest BCUT2D eigenvalue weighted by molar-refractivity contribution is 0.0948. The number of aromatic nitrogens is 3. The number of hydrogen-bond donors (Lipinski definition) is 2. The number of carbonyl (C=O) groups is 1. The topological polar surface area (TPSA) is 107 Å². The standard InChI is InChI=1S/C11H13N5O2/c1-7-14-10(18-16-7)5-6-13-11(17)8-3-2-4-9(12)15-8/h2-4H,5-6H2,1H3,(H2,12,15)(H,13,17). The van der Waals surface area contributed by atoms with E-state index in [4.69, 9.17) is 10.3 Å². The van der Waals surface area contributed by atoms with Gasteiger partial charge in [-0.3, -0.25) is 4.79 Å². The lowest BCUT2D eigenvalue weighted by Crippen LogP contribution is -2.26. The predicted molar refractivity (Wildman–Crippen MR) is 63.7 cm³/mol. The molecule has 0 atom stereocenters. The summed E-state index contributed by atoms with van der Waals surface area (Å²) in [5.41, 5.74) is 5.78. The first kappa shape index (κ1) is 12.0. The highest BCUT2D eigenvalue weighted by Crippen LogP contribution is 2.00. The van der Waals surface area contributed by atoms with E-state index in [-0.39, 0.29) is 11.6 Å². The Labute approximate surface area is 103 Å². The molecular formula is C11H13N5O2. The Morgan fingerprint density at radius 3 is 2.94 bits per heavy atom. The van der Waals surface area contributed by atoms with Gasteiger partial charge in [0.15, 0.2) is 5.82 Å². The van der Waals surface area contributed by atoms with Gasteiger partial charge in [-0.25, -0.2) is 4.98 Å². The van der Waals surface area contributed by atoms with E-state index in [0.29, 0.717) is 30.5 Å². The maximum atomic E-state index is 11.7. The summed E-state index contributed by atoms with van der Waals surface area (Å²) in [6.07, 6.45) is 0.481. The van der Waals surface area contributed by atoms with Gasteiger partial charge in [0.05, 0.1) is 0 Å². The molecule has 0 bridgehead atoms. The molecule has 3 N–H and O–H groups in total. The molecule has 7 nitrogen and oxygen atoms in total. The van der Waals surface area contributed by atoms with E-state index in [1.165, 1.54) is 0 Å². The molecule has 0 aliphatic carbocycles. The van der Waals surface area contributed by atoms with Gasteiger partial charge in [-0.1, -0.05) is 11.2 Å². The fraction of sp³-hybridized carbons (Fsp3) is 0.273. The van der Waals surface area contributed by atoms with Crippen LogP contribution in [0.2, 0.25) is 0 Å². The molecule has 0 unspecified atom stereocenters. The fourth-order valence-electron chi connectivity index (χ4n) is 1.39. The van der Waals surface area contributed by atoms with Gasteiger partial charge < -0.3 is 15.6 Å². The van der Waals surface area contributed by atoms with Crippen LogP contribution in [0.25, 0.3) is 0 Å². The fourth-order valence-corrected chi connectivity index (χ4v) is 1.39. The average Bonchev–Trinajstić information content (AvgIpc) is 2.75. The molecule has 1 amide bonds. The van der Waals surface area contributed by atoms with Crippen LogP contribution in [-0.2, 0) is 6.42 Å². The molecule has 2 rings (SSSR count).